The van der Waals surface area contributed by atoms with Crippen LogP contribution in [0.15, 0.2) is 12.2 Å². The molecule has 0 heterocycles. The third-order valence-corrected chi connectivity index (χ3v) is 8.46. The zero-order chi connectivity index (χ0) is 29.7. The molecule has 244 valence electrons. The first kappa shape index (κ1) is 40.2. The summed E-state index contributed by atoms with van der Waals surface area (Å²) in [6, 6.07) is 0. The van der Waals surface area contributed by atoms with Gasteiger partial charge in [-0.2, -0.15) is 0 Å². The first-order valence-corrected chi connectivity index (χ1v) is 18.7. The molecule has 0 aliphatic rings. The Morgan fingerprint density at radius 3 is 1.22 bits per heavy atom. The zero-order valence-corrected chi connectivity index (χ0v) is 28.0. The molecule has 0 bridgehead atoms. The molecule has 0 fully saturated rings. The van der Waals surface area contributed by atoms with Gasteiger partial charge in [0, 0.05) is 13.0 Å². The lowest BCUT2D eigenvalue weighted by Crippen LogP contribution is -2.05. The minimum atomic E-state index is 0.0114. The summed E-state index contributed by atoms with van der Waals surface area (Å²) in [7, 11) is 0. The third kappa shape index (κ3) is 37.1. The number of rotatable bonds is 35. The van der Waals surface area contributed by atoms with Gasteiger partial charge in [0.1, 0.15) is 0 Å². The smallest absolute Gasteiger partial charge is 0.305 e. The second kappa shape index (κ2) is 37.2. The fourth-order valence-electron chi connectivity index (χ4n) is 5.64. The predicted octanol–water partition coefficient (Wildman–Crippen LogP) is 12.6. The van der Waals surface area contributed by atoms with Gasteiger partial charge in [0.25, 0.3) is 0 Å². The number of ether oxygens (including phenoxy) is 1. The van der Waals surface area contributed by atoms with E-state index in [9.17, 15) is 4.79 Å². The maximum Gasteiger partial charge on any atom is 0.305 e. The predicted molar refractivity (Wildman–Crippen MR) is 181 cm³/mol. The van der Waals surface area contributed by atoms with E-state index in [0.29, 0.717) is 19.6 Å². The normalized spacial score (nSPS) is 11.6. The molecule has 0 aromatic heterocycles. The van der Waals surface area contributed by atoms with Gasteiger partial charge in [0.2, 0.25) is 0 Å². The van der Waals surface area contributed by atoms with Gasteiger partial charge in [-0.3, -0.25) is 4.79 Å². The number of aliphatic hydroxyl groups excluding tert-OH is 1. The van der Waals surface area contributed by atoms with Crippen LogP contribution in [-0.4, -0.2) is 24.3 Å². The van der Waals surface area contributed by atoms with Crippen LogP contribution in [0, 0.1) is 0 Å². The highest BCUT2D eigenvalue weighted by molar-refractivity contribution is 5.69. The van der Waals surface area contributed by atoms with E-state index >= 15 is 0 Å². The van der Waals surface area contributed by atoms with Crippen molar-refractivity contribution in [3.63, 3.8) is 0 Å². The van der Waals surface area contributed by atoms with E-state index < -0.39 is 0 Å². The Labute approximate surface area is 258 Å². The molecule has 0 radical (unpaired) electrons. The Morgan fingerprint density at radius 2 is 0.805 bits per heavy atom. The number of hydrogen-bond acceptors (Lipinski definition) is 3. The third-order valence-electron chi connectivity index (χ3n) is 8.46. The number of carbonyl (C=O) groups excluding carboxylic acids is 1. The van der Waals surface area contributed by atoms with Crippen molar-refractivity contribution in [3.8, 4) is 0 Å². The lowest BCUT2D eigenvalue weighted by Gasteiger charge is -2.06. The molecule has 0 saturated heterocycles. The first-order valence-electron chi connectivity index (χ1n) is 18.7. The van der Waals surface area contributed by atoms with Crippen molar-refractivity contribution in [1.82, 2.24) is 0 Å². The van der Waals surface area contributed by atoms with Crippen molar-refractivity contribution in [3.05, 3.63) is 12.2 Å². The molecular weight excluding hydrogens is 504 g/mol. The van der Waals surface area contributed by atoms with E-state index in [4.69, 9.17) is 9.84 Å². The number of esters is 1. The summed E-state index contributed by atoms with van der Waals surface area (Å²) in [6.45, 7) is 3.24. The molecule has 3 heteroatoms. The first-order chi connectivity index (χ1) is 20.3. The van der Waals surface area contributed by atoms with E-state index in [-0.39, 0.29) is 5.97 Å². The Morgan fingerprint density at radius 1 is 0.463 bits per heavy atom. The molecule has 41 heavy (non-hydrogen) atoms. The van der Waals surface area contributed by atoms with Crippen LogP contribution in [0.3, 0.4) is 0 Å². The van der Waals surface area contributed by atoms with Crippen molar-refractivity contribution in [2.24, 2.45) is 0 Å². The maximum absolute atomic E-state index is 11.9. The average molecular weight is 579 g/mol. The SMILES string of the molecule is CCCCCCCCC=CCCCCCCCCCCCCCC(=O)OCCCCCCCCCCCCCCO. The lowest BCUT2D eigenvalue weighted by molar-refractivity contribution is -0.143. The van der Waals surface area contributed by atoms with Crippen LogP contribution in [0.4, 0.5) is 0 Å². The van der Waals surface area contributed by atoms with Gasteiger partial charge in [-0.1, -0.05) is 173 Å². The molecule has 1 N–H and O–H groups in total. The molecule has 3 nitrogen and oxygen atoms in total. The van der Waals surface area contributed by atoms with Crippen LogP contribution in [0.1, 0.15) is 212 Å². The highest BCUT2D eigenvalue weighted by Crippen LogP contribution is 2.14. The molecule has 0 rings (SSSR count). The summed E-state index contributed by atoms with van der Waals surface area (Å²) in [4.78, 5) is 11.9. The summed E-state index contributed by atoms with van der Waals surface area (Å²) in [5.41, 5.74) is 0. The van der Waals surface area contributed by atoms with Crippen LogP contribution in [0.5, 0.6) is 0 Å². The summed E-state index contributed by atoms with van der Waals surface area (Å²) < 4.78 is 5.43. The summed E-state index contributed by atoms with van der Waals surface area (Å²) >= 11 is 0. The van der Waals surface area contributed by atoms with Crippen molar-refractivity contribution < 1.29 is 14.6 Å². The topological polar surface area (TPSA) is 46.5 Å². The Kier molecular flexibility index (Phi) is 36.4. The molecule has 0 aromatic rings. The molecule has 0 aromatic carbocycles. The van der Waals surface area contributed by atoms with Gasteiger partial charge in [0.15, 0.2) is 0 Å². The summed E-state index contributed by atoms with van der Waals surface area (Å²) in [5.74, 6) is 0.0114. The molecule has 0 aliphatic heterocycles. The number of hydrogen-bond donors (Lipinski definition) is 1. The number of aliphatic hydroxyl groups is 1. The Bertz CT molecular complexity index is 516. The van der Waals surface area contributed by atoms with E-state index in [2.05, 4.69) is 19.1 Å². The number of unbranched alkanes of at least 4 members (excludes halogenated alkanes) is 28. The van der Waals surface area contributed by atoms with Gasteiger partial charge in [0.05, 0.1) is 6.61 Å². The van der Waals surface area contributed by atoms with E-state index in [0.717, 1.165) is 19.3 Å². The van der Waals surface area contributed by atoms with Crippen molar-refractivity contribution in [2.45, 2.75) is 212 Å². The van der Waals surface area contributed by atoms with Crippen LogP contribution in [0.25, 0.3) is 0 Å². The number of allylic oxidation sites excluding steroid dienone is 2. The minimum absolute atomic E-state index is 0.0114. The molecule has 0 saturated carbocycles. The summed E-state index contributed by atoms with van der Waals surface area (Å²) in [6.07, 6.45) is 45.8. The van der Waals surface area contributed by atoms with Crippen LogP contribution in [-0.2, 0) is 9.53 Å². The second-order valence-electron chi connectivity index (χ2n) is 12.6. The van der Waals surface area contributed by atoms with Crippen LogP contribution in [0.2, 0.25) is 0 Å². The van der Waals surface area contributed by atoms with Gasteiger partial charge in [-0.25, -0.2) is 0 Å². The summed E-state index contributed by atoms with van der Waals surface area (Å²) in [5, 5.41) is 8.78. The average Bonchev–Trinajstić information content (AvgIpc) is 2.98. The van der Waals surface area contributed by atoms with E-state index in [1.165, 1.54) is 180 Å². The fraction of sp³-hybridized carbons (Fsp3) is 0.921. The van der Waals surface area contributed by atoms with E-state index in [1.807, 2.05) is 0 Å². The van der Waals surface area contributed by atoms with Gasteiger partial charge in [-0.15, -0.1) is 0 Å². The van der Waals surface area contributed by atoms with Crippen molar-refractivity contribution in [1.29, 1.82) is 0 Å². The quantitative estimate of drug-likeness (QED) is 0.0462. The maximum atomic E-state index is 11.9. The van der Waals surface area contributed by atoms with Crippen molar-refractivity contribution >= 4 is 5.97 Å². The van der Waals surface area contributed by atoms with Crippen molar-refractivity contribution in [2.75, 3.05) is 13.2 Å². The van der Waals surface area contributed by atoms with Gasteiger partial charge in [-0.05, 0) is 44.9 Å². The molecule has 0 aliphatic carbocycles. The molecular formula is C38H74O3. The largest absolute Gasteiger partial charge is 0.466 e. The molecule has 0 unspecified atom stereocenters. The second-order valence-corrected chi connectivity index (χ2v) is 12.6. The zero-order valence-electron chi connectivity index (χ0n) is 28.0. The monoisotopic (exact) mass is 579 g/mol. The highest BCUT2D eigenvalue weighted by atomic mass is 16.5. The number of carbonyl (C=O) groups is 1. The van der Waals surface area contributed by atoms with Gasteiger partial charge < -0.3 is 9.84 Å². The standard InChI is InChI=1S/C38H74O3/c1-2-3-4-5-6-7-8-9-10-11-12-13-14-15-16-17-20-23-26-29-32-35-38(40)41-37-34-31-28-25-22-19-18-21-24-27-30-33-36-39/h9-10,39H,2-8,11-37H2,1H3. The fourth-order valence-corrected chi connectivity index (χ4v) is 5.64. The molecule has 0 spiro atoms. The Balaban J connectivity index is 3.17. The highest BCUT2D eigenvalue weighted by Gasteiger charge is 2.03. The Hall–Kier alpha value is -0.830. The van der Waals surface area contributed by atoms with Gasteiger partial charge >= 0.3 is 5.97 Å². The lowest BCUT2D eigenvalue weighted by atomic mass is 10.0. The van der Waals surface area contributed by atoms with Crippen LogP contribution < -0.4 is 0 Å². The minimum Gasteiger partial charge on any atom is -0.466 e. The van der Waals surface area contributed by atoms with E-state index in [1.54, 1.807) is 0 Å². The molecule has 0 amide bonds. The van der Waals surface area contributed by atoms with Crippen LogP contribution >= 0.6 is 0 Å². The molecule has 0 atom stereocenters.